The fourth-order valence-electron chi connectivity index (χ4n) is 2.88. The Bertz CT molecular complexity index is 782. The molecule has 0 aromatic heterocycles. The van der Waals surface area contributed by atoms with Gasteiger partial charge in [-0.1, -0.05) is 30.3 Å². The molecule has 5 nitrogen and oxygen atoms in total. The van der Waals surface area contributed by atoms with Gasteiger partial charge in [0.25, 0.3) is 0 Å². The Kier molecular flexibility index (Phi) is 6.83. The SMILES string of the molecule is CC(C=O)N(CCCN(C)c1ccc2ccccc2c1)C(=O)OC(C)(C)C. The summed E-state index contributed by atoms with van der Waals surface area (Å²) < 4.78 is 5.43. The predicted octanol–water partition coefficient (Wildman–Crippen LogP) is 4.49. The molecule has 1 unspecified atom stereocenters. The highest BCUT2D eigenvalue weighted by atomic mass is 16.6. The first kappa shape index (κ1) is 20.7. The molecule has 5 heteroatoms. The molecule has 0 spiro atoms. The van der Waals surface area contributed by atoms with Crippen LogP contribution in [0, 0.1) is 0 Å². The van der Waals surface area contributed by atoms with Crippen LogP contribution in [0.15, 0.2) is 42.5 Å². The Morgan fingerprint density at radius 3 is 2.41 bits per heavy atom. The summed E-state index contributed by atoms with van der Waals surface area (Å²) in [4.78, 5) is 27.2. The van der Waals surface area contributed by atoms with E-state index in [9.17, 15) is 9.59 Å². The summed E-state index contributed by atoms with van der Waals surface area (Å²) in [5, 5.41) is 2.41. The van der Waals surface area contributed by atoms with E-state index in [1.165, 1.54) is 15.7 Å². The van der Waals surface area contributed by atoms with Gasteiger partial charge in [0, 0.05) is 25.8 Å². The van der Waals surface area contributed by atoms with Crippen molar-refractivity contribution < 1.29 is 14.3 Å². The second-order valence-corrected chi connectivity index (χ2v) is 7.86. The Labute approximate surface area is 161 Å². The minimum atomic E-state index is -0.584. The molecule has 2 aromatic carbocycles. The maximum atomic E-state index is 12.4. The van der Waals surface area contributed by atoms with Crippen LogP contribution in [0.5, 0.6) is 0 Å². The van der Waals surface area contributed by atoms with Crippen molar-refractivity contribution in [3.8, 4) is 0 Å². The molecule has 0 N–H and O–H groups in total. The van der Waals surface area contributed by atoms with Crippen LogP contribution in [0.3, 0.4) is 0 Å². The molecule has 0 aliphatic heterocycles. The van der Waals surface area contributed by atoms with Gasteiger partial charge < -0.3 is 14.4 Å². The number of hydrogen-bond acceptors (Lipinski definition) is 4. The first-order valence-corrected chi connectivity index (χ1v) is 9.36. The molecule has 0 aliphatic rings. The normalized spacial score (nSPS) is 12.5. The summed E-state index contributed by atoms with van der Waals surface area (Å²) in [7, 11) is 2.03. The molecule has 1 amide bonds. The zero-order valence-corrected chi connectivity index (χ0v) is 16.9. The molecular weight excluding hydrogens is 340 g/mol. The van der Waals surface area contributed by atoms with E-state index in [1.807, 2.05) is 40.0 Å². The van der Waals surface area contributed by atoms with Crippen molar-refractivity contribution in [1.29, 1.82) is 0 Å². The second kappa shape index (κ2) is 8.89. The molecule has 27 heavy (non-hydrogen) atoms. The fourth-order valence-corrected chi connectivity index (χ4v) is 2.88. The fraction of sp³-hybridized carbons (Fsp3) is 0.455. The van der Waals surface area contributed by atoms with E-state index in [1.54, 1.807) is 6.92 Å². The summed E-state index contributed by atoms with van der Waals surface area (Å²) in [6, 6.07) is 14.1. The number of nitrogens with zero attached hydrogens (tertiary/aromatic N) is 2. The maximum Gasteiger partial charge on any atom is 0.410 e. The number of aldehydes is 1. The Balaban J connectivity index is 1.97. The third-order valence-electron chi connectivity index (χ3n) is 4.38. The molecule has 0 radical (unpaired) electrons. The highest BCUT2D eigenvalue weighted by Gasteiger charge is 2.25. The first-order chi connectivity index (χ1) is 12.7. The van der Waals surface area contributed by atoms with Crippen LogP contribution in [-0.4, -0.2) is 49.1 Å². The summed E-state index contributed by atoms with van der Waals surface area (Å²) in [5.41, 5.74) is 0.542. The predicted molar refractivity (Wildman–Crippen MR) is 110 cm³/mol. The summed E-state index contributed by atoms with van der Waals surface area (Å²) >= 11 is 0. The molecule has 0 heterocycles. The quantitative estimate of drug-likeness (QED) is 0.674. The van der Waals surface area contributed by atoms with E-state index in [-0.39, 0.29) is 0 Å². The van der Waals surface area contributed by atoms with E-state index in [0.29, 0.717) is 6.54 Å². The zero-order valence-electron chi connectivity index (χ0n) is 16.9. The number of rotatable bonds is 7. The van der Waals surface area contributed by atoms with Crippen LogP contribution >= 0.6 is 0 Å². The number of fused-ring (bicyclic) bond motifs is 1. The van der Waals surface area contributed by atoms with Crippen molar-refractivity contribution in [2.24, 2.45) is 0 Å². The summed E-state index contributed by atoms with van der Waals surface area (Å²) in [6.45, 7) is 8.41. The van der Waals surface area contributed by atoms with Gasteiger partial charge >= 0.3 is 6.09 Å². The number of hydrogen-bond donors (Lipinski definition) is 0. The van der Waals surface area contributed by atoms with Gasteiger partial charge in [-0.3, -0.25) is 4.90 Å². The third kappa shape index (κ3) is 5.98. The van der Waals surface area contributed by atoms with E-state index in [4.69, 9.17) is 4.74 Å². The standard InChI is InChI=1S/C22H30N2O3/c1-17(16-25)24(21(26)27-22(2,3)4)14-8-13-23(5)20-12-11-18-9-6-7-10-19(18)15-20/h6-7,9-12,15-17H,8,13-14H2,1-5H3. The van der Waals surface area contributed by atoms with Gasteiger partial charge in [0.2, 0.25) is 0 Å². The monoisotopic (exact) mass is 370 g/mol. The lowest BCUT2D eigenvalue weighted by Crippen LogP contribution is -2.44. The highest BCUT2D eigenvalue weighted by molar-refractivity contribution is 5.85. The number of benzene rings is 2. The van der Waals surface area contributed by atoms with Crippen molar-refractivity contribution in [1.82, 2.24) is 4.90 Å². The minimum absolute atomic E-state index is 0.449. The van der Waals surface area contributed by atoms with Gasteiger partial charge in [-0.25, -0.2) is 4.79 Å². The second-order valence-electron chi connectivity index (χ2n) is 7.86. The molecule has 1 atom stereocenters. The van der Waals surface area contributed by atoms with Crippen molar-refractivity contribution in [3.63, 3.8) is 0 Å². The molecular formula is C22H30N2O3. The molecule has 0 aliphatic carbocycles. The van der Waals surface area contributed by atoms with E-state index in [2.05, 4.69) is 35.2 Å². The molecule has 2 aromatic rings. The topological polar surface area (TPSA) is 49.9 Å². The lowest BCUT2D eigenvalue weighted by molar-refractivity contribution is -0.112. The van der Waals surface area contributed by atoms with Gasteiger partial charge in [-0.15, -0.1) is 0 Å². The van der Waals surface area contributed by atoms with Gasteiger partial charge in [-0.2, -0.15) is 0 Å². The van der Waals surface area contributed by atoms with Crippen molar-refractivity contribution >= 4 is 28.8 Å². The Hall–Kier alpha value is -2.56. The molecule has 0 saturated heterocycles. The van der Waals surface area contributed by atoms with Crippen molar-refractivity contribution in [3.05, 3.63) is 42.5 Å². The van der Waals surface area contributed by atoms with Crippen molar-refractivity contribution in [2.75, 3.05) is 25.0 Å². The average Bonchev–Trinajstić information content (AvgIpc) is 2.62. The van der Waals surface area contributed by atoms with Crippen LogP contribution in [-0.2, 0) is 9.53 Å². The van der Waals surface area contributed by atoms with Gasteiger partial charge in [-0.05, 0) is 57.0 Å². The van der Waals surface area contributed by atoms with Gasteiger partial charge in [0.15, 0.2) is 0 Å². The highest BCUT2D eigenvalue weighted by Crippen LogP contribution is 2.21. The molecule has 0 fully saturated rings. The van der Waals surface area contributed by atoms with Crippen molar-refractivity contribution in [2.45, 2.75) is 45.8 Å². The number of carbonyl (C=O) groups excluding carboxylic acids is 2. The number of amides is 1. The van der Waals surface area contributed by atoms with Crippen LogP contribution in [0.4, 0.5) is 10.5 Å². The van der Waals surface area contributed by atoms with E-state index < -0.39 is 17.7 Å². The summed E-state index contributed by atoms with van der Waals surface area (Å²) in [5.74, 6) is 0. The van der Waals surface area contributed by atoms with Crippen LogP contribution in [0.25, 0.3) is 10.8 Å². The average molecular weight is 370 g/mol. The lowest BCUT2D eigenvalue weighted by Gasteiger charge is -2.30. The van der Waals surface area contributed by atoms with E-state index in [0.717, 1.165) is 24.9 Å². The van der Waals surface area contributed by atoms with Crippen LogP contribution < -0.4 is 4.90 Å². The molecule has 0 bridgehead atoms. The Morgan fingerprint density at radius 1 is 1.11 bits per heavy atom. The van der Waals surface area contributed by atoms with Gasteiger partial charge in [0.05, 0.1) is 6.04 Å². The zero-order chi connectivity index (χ0) is 20.0. The smallest absolute Gasteiger partial charge is 0.410 e. The Morgan fingerprint density at radius 2 is 1.78 bits per heavy atom. The lowest BCUT2D eigenvalue weighted by atomic mass is 10.1. The van der Waals surface area contributed by atoms with Crippen LogP contribution in [0.1, 0.15) is 34.1 Å². The molecule has 2 rings (SSSR count). The first-order valence-electron chi connectivity index (χ1n) is 9.36. The molecule has 146 valence electrons. The number of ether oxygens (including phenoxy) is 1. The maximum absolute atomic E-state index is 12.4. The van der Waals surface area contributed by atoms with Gasteiger partial charge in [0.1, 0.15) is 11.9 Å². The minimum Gasteiger partial charge on any atom is -0.444 e. The number of carbonyl (C=O) groups is 2. The largest absolute Gasteiger partial charge is 0.444 e. The molecule has 0 saturated carbocycles. The van der Waals surface area contributed by atoms with E-state index >= 15 is 0 Å². The third-order valence-corrected chi connectivity index (χ3v) is 4.38. The number of anilines is 1. The summed E-state index contributed by atoms with van der Waals surface area (Å²) in [6.07, 6.45) is 1.06. The van der Waals surface area contributed by atoms with Crippen LogP contribution in [0.2, 0.25) is 0 Å².